The van der Waals surface area contributed by atoms with E-state index in [0.717, 1.165) is 12.0 Å². The van der Waals surface area contributed by atoms with Gasteiger partial charge in [-0.3, -0.25) is 4.90 Å². The van der Waals surface area contributed by atoms with Crippen LogP contribution in [0.4, 0.5) is 0 Å². The fourth-order valence-corrected chi connectivity index (χ4v) is 2.96. The summed E-state index contributed by atoms with van der Waals surface area (Å²) in [5.41, 5.74) is 0.820. The number of piperidine rings is 1. The normalized spacial score (nSPS) is 30.6. The quantitative estimate of drug-likeness (QED) is 0.587. The summed E-state index contributed by atoms with van der Waals surface area (Å²) in [6.45, 7) is 17.8. The van der Waals surface area contributed by atoms with E-state index in [4.69, 9.17) is 0 Å². The molecule has 0 aromatic rings. The van der Waals surface area contributed by atoms with E-state index in [9.17, 15) is 0 Å². The number of hydrogen-bond donors (Lipinski definition) is 0. The Balaban J connectivity index is 2.64. The van der Waals surface area contributed by atoms with E-state index in [0.29, 0.717) is 11.0 Å². The summed E-state index contributed by atoms with van der Waals surface area (Å²) in [5.74, 6) is 0.895. The van der Waals surface area contributed by atoms with E-state index in [1.54, 1.807) is 0 Å². The molecule has 1 rings (SSSR count). The molecule has 2 atom stereocenters. The molecule has 0 aromatic carbocycles. The van der Waals surface area contributed by atoms with E-state index in [2.05, 4.69) is 53.4 Å². The van der Waals surface area contributed by atoms with Gasteiger partial charge in [0.2, 0.25) is 0 Å². The Hall–Kier alpha value is -0.0400. The third-order valence-electron chi connectivity index (χ3n) is 3.96. The fourth-order valence-electron chi connectivity index (χ4n) is 2.96. The van der Waals surface area contributed by atoms with E-state index in [1.165, 1.54) is 19.4 Å². The van der Waals surface area contributed by atoms with Crippen molar-refractivity contribution in [2.75, 3.05) is 6.54 Å². The van der Waals surface area contributed by atoms with Crippen molar-refractivity contribution in [3.8, 4) is 0 Å². The molecule has 1 nitrogen and oxygen atoms in total. The van der Waals surface area contributed by atoms with Gasteiger partial charge in [0, 0.05) is 11.6 Å². The molecular formula is C14H29N. The molecule has 1 saturated heterocycles. The molecule has 1 heteroatoms. The molecule has 1 fully saturated rings. The molecule has 1 aliphatic heterocycles. The molecule has 0 radical (unpaired) electrons. The van der Waals surface area contributed by atoms with Crippen molar-refractivity contribution in [2.24, 2.45) is 11.3 Å². The second-order valence-electron chi connectivity index (χ2n) is 7.30. The number of rotatable bonds is 0. The van der Waals surface area contributed by atoms with Crippen molar-refractivity contribution >= 4 is 0 Å². The number of likely N-dealkylation sites (tertiary alicyclic amines) is 1. The van der Waals surface area contributed by atoms with Gasteiger partial charge < -0.3 is 0 Å². The van der Waals surface area contributed by atoms with Crippen LogP contribution < -0.4 is 0 Å². The smallest absolute Gasteiger partial charge is 0.0127 e. The topological polar surface area (TPSA) is 3.24 Å². The van der Waals surface area contributed by atoms with Gasteiger partial charge in [-0.15, -0.1) is 0 Å². The van der Waals surface area contributed by atoms with Crippen LogP contribution in [0.3, 0.4) is 0 Å². The summed E-state index contributed by atoms with van der Waals surface area (Å²) in [6.07, 6.45) is 2.73. The largest absolute Gasteiger partial charge is 0.296 e. The van der Waals surface area contributed by atoms with Crippen LogP contribution in [0.2, 0.25) is 0 Å². The zero-order valence-corrected chi connectivity index (χ0v) is 11.7. The third kappa shape index (κ3) is 3.21. The highest BCUT2D eigenvalue weighted by molar-refractivity contribution is 4.90. The Bertz CT molecular complexity index is 206. The first-order chi connectivity index (χ1) is 6.62. The molecular weight excluding hydrogens is 182 g/mol. The maximum absolute atomic E-state index is 2.66. The van der Waals surface area contributed by atoms with Gasteiger partial charge in [0.25, 0.3) is 0 Å². The summed E-state index contributed by atoms with van der Waals surface area (Å²) in [7, 11) is 0. The molecule has 0 bridgehead atoms. The van der Waals surface area contributed by atoms with Crippen molar-refractivity contribution < 1.29 is 0 Å². The molecule has 1 heterocycles. The minimum absolute atomic E-state index is 0.336. The number of hydrogen-bond acceptors (Lipinski definition) is 1. The van der Waals surface area contributed by atoms with Crippen molar-refractivity contribution in [2.45, 2.75) is 72.9 Å². The van der Waals surface area contributed by atoms with Gasteiger partial charge in [0.05, 0.1) is 0 Å². The van der Waals surface area contributed by atoms with Gasteiger partial charge in [-0.1, -0.05) is 20.8 Å². The Labute approximate surface area is 96.2 Å². The molecule has 0 aromatic heterocycles. The molecule has 0 spiro atoms. The lowest BCUT2D eigenvalue weighted by atomic mass is 9.73. The first-order valence-corrected chi connectivity index (χ1v) is 6.39. The van der Waals surface area contributed by atoms with Crippen LogP contribution in [0.25, 0.3) is 0 Å². The Morgan fingerprint density at radius 1 is 1.00 bits per heavy atom. The third-order valence-corrected chi connectivity index (χ3v) is 3.96. The summed E-state index contributed by atoms with van der Waals surface area (Å²) in [4.78, 5) is 2.66. The average molecular weight is 211 g/mol. The van der Waals surface area contributed by atoms with E-state index >= 15 is 0 Å². The molecule has 2 unspecified atom stereocenters. The summed E-state index contributed by atoms with van der Waals surface area (Å²) in [6, 6.07) is 0.739. The van der Waals surface area contributed by atoms with E-state index in [-0.39, 0.29) is 0 Å². The van der Waals surface area contributed by atoms with Crippen LogP contribution in [-0.4, -0.2) is 23.0 Å². The first-order valence-electron chi connectivity index (χ1n) is 6.39. The lowest BCUT2D eigenvalue weighted by molar-refractivity contribution is 0.0111. The Kier molecular flexibility index (Phi) is 3.55. The van der Waals surface area contributed by atoms with Gasteiger partial charge in [-0.2, -0.15) is 0 Å². The van der Waals surface area contributed by atoms with Crippen molar-refractivity contribution in [1.82, 2.24) is 4.90 Å². The van der Waals surface area contributed by atoms with Crippen LogP contribution >= 0.6 is 0 Å². The summed E-state index contributed by atoms with van der Waals surface area (Å²) >= 11 is 0. The highest BCUT2D eigenvalue weighted by atomic mass is 15.2. The molecule has 0 saturated carbocycles. The van der Waals surface area contributed by atoms with Gasteiger partial charge >= 0.3 is 0 Å². The zero-order valence-electron chi connectivity index (χ0n) is 11.7. The monoisotopic (exact) mass is 211 g/mol. The predicted molar refractivity (Wildman–Crippen MR) is 68.1 cm³/mol. The van der Waals surface area contributed by atoms with E-state index in [1.807, 2.05) is 0 Å². The standard InChI is InChI=1S/C14H29N/c1-11-10-12(13(2,3)4)8-9-15(11)14(5,6)7/h11-12H,8-10H2,1-7H3. The SMILES string of the molecule is CC1CC(C(C)(C)C)CCN1C(C)(C)C. The first kappa shape index (κ1) is 13.0. The van der Waals surface area contributed by atoms with E-state index < -0.39 is 0 Å². The minimum atomic E-state index is 0.336. The molecule has 0 N–H and O–H groups in total. The van der Waals surface area contributed by atoms with Crippen LogP contribution in [0, 0.1) is 11.3 Å². The number of nitrogens with zero attached hydrogens (tertiary/aromatic N) is 1. The lowest BCUT2D eigenvalue weighted by Crippen LogP contribution is -2.52. The average Bonchev–Trinajstić information content (AvgIpc) is 1.99. The van der Waals surface area contributed by atoms with Crippen LogP contribution in [0.1, 0.15) is 61.3 Å². The van der Waals surface area contributed by atoms with Crippen molar-refractivity contribution in [3.63, 3.8) is 0 Å². The second-order valence-corrected chi connectivity index (χ2v) is 7.30. The van der Waals surface area contributed by atoms with Crippen molar-refractivity contribution in [1.29, 1.82) is 0 Å². The van der Waals surface area contributed by atoms with Gasteiger partial charge in [0.15, 0.2) is 0 Å². The summed E-state index contributed by atoms with van der Waals surface area (Å²) < 4.78 is 0. The lowest BCUT2D eigenvalue weighted by Gasteiger charge is -2.48. The van der Waals surface area contributed by atoms with Crippen LogP contribution in [-0.2, 0) is 0 Å². The fraction of sp³-hybridized carbons (Fsp3) is 1.00. The van der Waals surface area contributed by atoms with Crippen LogP contribution in [0.5, 0.6) is 0 Å². The maximum Gasteiger partial charge on any atom is 0.0127 e. The van der Waals surface area contributed by atoms with Crippen molar-refractivity contribution in [3.05, 3.63) is 0 Å². The Morgan fingerprint density at radius 3 is 1.87 bits per heavy atom. The van der Waals surface area contributed by atoms with Gasteiger partial charge in [0.1, 0.15) is 0 Å². The highest BCUT2D eigenvalue weighted by Crippen LogP contribution is 2.38. The van der Waals surface area contributed by atoms with Gasteiger partial charge in [-0.05, 0) is 58.4 Å². The summed E-state index contributed by atoms with van der Waals surface area (Å²) in [5, 5.41) is 0. The molecule has 90 valence electrons. The van der Waals surface area contributed by atoms with Crippen LogP contribution in [0.15, 0.2) is 0 Å². The molecule has 0 amide bonds. The molecule has 15 heavy (non-hydrogen) atoms. The zero-order chi connectivity index (χ0) is 11.9. The second kappa shape index (κ2) is 4.08. The highest BCUT2D eigenvalue weighted by Gasteiger charge is 2.36. The maximum atomic E-state index is 2.66. The Morgan fingerprint density at radius 2 is 1.53 bits per heavy atom. The van der Waals surface area contributed by atoms with Gasteiger partial charge in [-0.25, -0.2) is 0 Å². The molecule has 1 aliphatic rings. The molecule has 0 aliphatic carbocycles. The minimum Gasteiger partial charge on any atom is -0.296 e. The predicted octanol–water partition coefficient (Wildman–Crippen LogP) is 3.93.